The molecule has 1 aliphatic rings. The summed E-state index contributed by atoms with van der Waals surface area (Å²) >= 11 is 0. The SMILES string of the molecule is CCc1nc(C)nc(N2CCCN(S(=O)(=O)c3ccc(F)cc3)CC2)c1Cc1ccccc1. The Bertz CT molecular complexity index is 1200. The molecule has 8 heteroatoms. The van der Waals surface area contributed by atoms with Crippen LogP contribution in [-0.2, 0) is 22.9 Å². The van der Waals surface area contributed by atoms with Crippen LogP contribution >= 0.6 is 0 Å². The first-order valence-corrected chi connectivity index (χ1v) is 12.7. The molecule has 3 aromatic rings. The van der Waals surface area contributed by atoms with Gasteiger partial charge in [0.1, 0.15) is 17.5 Å². The monoisotopic (exact) mass is 468 g/mol. The van der Waals surface area contributed by atoms with Crippen LogP contribution in [0.4, 0.5) is 10.2 Å². The van der Waals surface area contributed by atoms with E-state index in [1.807, 2.05) is 25.1 Å². The van der Waals surface area contributed by atoms with Crippen LogP contribution in [0.5, 0.6) is 0 Å². The molecule has 0 atom stereocenters. The third-order valence-electron chi connectivity index (χ3n) is 5.95. The summed E-state index contributed by atoms with van der Waals surface area (Å²) in [5.74, 6) is 1.16. The Hall–Kier alpha value is -2.84. The molecule has 0 spiro atoms. The van der Waals surface area contributed by atoms with E-state index in [1.54, 1.807) is 0 Å². The van der Waals surface area contributed by atoms with Crippen LogP contribution in [0.2, 0.25) is 0 Å². The fourth-order valence-corrected chi connectivity index (χ4v) is 5.74. The normalized spacial score (nSPS) is 15.4. The molecular formula is C25H29FN4O2S. The van der Waals surface area contributed by atoms with Crippen molar-refractivity contribution in [2.24, 2.45) is 0 Å². The molecule has 1 fully saturated rings. The van der Waals surface area contributed by atoms with Gasteiger partial charge in [-0.3, -0.25) is 0 Å². The van der Waals surface area contributed by atoms with Crippen LogP contribution in [-0.4, -0.2) is 48.9 Å². The fourth-order valence-electron chi connectivity index (χ4n) is 4.27. The lowest BCUT2D eigenvalue weighted by molar-refractivity contribution is 0.433. The second-order valence-corrected chi connectivity index (χ2v) is 10.2. The van der Waals surface area contributed by atoms with Crippen molar-refractivity contribution in [3.8, 4) is 0 Å². The van der Waals surface area contributed by atoms with Crippen molar-refractivity contribution in [3.63, 3.8) is 0 Å². The molecule has 6 nitrogen and oxygen atoms in total. The summed E-state index contributed by atoms with van der Waals surface area (Å²) in [4.78, 5) is 11.8. The van der Waals surface area contributed by atoms with Gasteiger partial charge in [-0.2, -0.15) is 4.31 Å². The first kappa shape index (κ1) is 23.3. The van der Waals surface area contributed by atoms with Gasteiger partial charge in [0.25, 0.3) is 0 Å². The standard InChI is InChI=1S/C25H29FN4O2S/c1-3-24-23(18-20-8-5-4-6-9-20)25(28-19(2)27-24)29-14-7-15-30(17-16-29)33(31,32)22-12-10-21(26)11-13-22/h4-6,8-13H,3,7,14-18H2,1-2H3. The van der Waals surface area contributed by atoms with E-state index in [0.717, 1.165) is 35.7 Å². The maximum Gasteiger partial charge on any atom is 0.243 e. The third-order valence-corrected chi connectivity index (χ3v) is 7.86. The summed E-state index contributed by atoms with van der Waals surface area (Å²) in [6, 6.07) is 15.3. The largest absolute Gasteiger partial charge is 0.355 e. The van der Waals surface area contributed by atoms with Gasteiger partial charge in [-0.15, -0.1) is 0 Å². The van der Waals surface area contributed by atoms with E-state index >= 15 is 0 Å². The Labute approximate surface area is 195 Å². The van der Waals surface area contributed by atoms with Gasteiger partial charge in [-0.25, -0.2) is 22.8 Å². The number of hydrogen-bond donors (Lipinski definition) is 0. The predicted octanol–water partition coefficient (Wildman–Crippen LogP) is 3.98. The third kappa shape index (κ3) is 5.23. The number of rotatable bonds is 6. The van der Waals surface area contributed by atoms with Gasteiger partial charge in [0.15, 0.2) is 0 Å². The molecule has 1 aromatic heterocycles. The minimum atomic E-state index is -3.68. The number of benzene rings is 2. The van der Waals surface area contributed by atoms with Crippen LogP contribution in [0.3, 0.4) is 0 Å². The zero-order chi connectivity index (χ0) is 23.4. The molecule has 1 aliphatic heterocycles. The number of nitrogens with zero attached hydrogens (tertiary/aromatic N) is 4. The summed E-state index contributed by atoms with van der Waals surface area (Å²) < 4.78 is 41.0. The first-order chi connectivity index (χ1) is 15.9. The Morgan fingerprint density at radius 2 is 1.67 bits per heavy atom. The number of sulfonamides is 1. The summed E-state index contributed by atoms with van der Waals surface area (Å²) in [5, 5.41) is 0. The quantitative estimate of drug-likeness (QED) is 0.548. The van der Waals surface area contributed by atoms with Gasteiger partial charge in [-0.05, 0) is 49.6 Å². The molecule has 0 bridgehead atoms. The van der Waals surface area contributed by atoms with Crippen molar-refractivity contribution in [1.29, 1.82) is 0 Å². The molecule has 1 saturated heterocycles. The summed E-state index contributed by atoms with van der Waals surface area (Å²) in [6.45, 7) is 5.99. The van der Waals surface area contributed by atoms with Crippen LogP contribution in [0.1, 0.15) is 36.0 Å². The average molecular weight is 469 g/mol. The molecule has 0 radical (unpaired) electrons. The van der Waals surface area contributed by atoms with E-state index in [1.165, 1.54) is 34.1 Å². The number of hydrogen-bond acceptors (Lipinski definition) is 5. The number of halogens is 1. The molecule has 2 aromatic carbocycles. The molecule has 0 aliphatic carbocycles. The maximum atomic E-state index is 13.3. The molecule has 0 saturated carbocycles. The van der Waals surface area contributed by atoms with E-state index in [4.69, 9.17) is 9.97 Å². The van der Waals surface area contributed by atoms with Crippen molar-refractivity contribution in [2.75, 3.05) is 31.1 Å². The van der Waals surface area contributed by atoms with Crippen molar-refractivity contribution >= 4 is 15.8 Å². The Morgan fingerprint density at radius 1 is 0.939 bits per heavy atom. The molecule has 0 N–H and O–H groups in total. The lowest BCUT2D eigenvalue weighted by Gasteiger charge is -2.26. The van der Waals surface area contributed by atoms with Gasteiger partial charge < -0.3 is 4.90 Å². The van der Waals surface area contributed by atoms with Crippen LogP contribution in [0, 0.1) is 12.7 Å². The zero-order valence-electron chi connectivity index (χ0n) is 19.0. The second-order valence-electron chi connectivity index (χ2n) is 8.23. The summed E-state index contributed by atoms with van der Waals surface area (Å²) in [5.41, 5.74) is 3.32. The Kier molecular flexibility index (Phi) is 7.05. The highest BCUT2D eigenvalue weighted by Gasteiger charge is 2.28. The summed E-state index contributed by atoms with van der Waals surface area (Å²) in [7, 11) is -3.68. The van der Waals surface area contributed by atoms with Crippen molar-refractivity contribution in [1.82, 2.24) is 14.3 Å². The maximum absolute atomic E-state index is 13.3. The van der Waals surface area contributed by atoms with Crippen LogP contribution < -0.4 is 4.90 Å². The van der Waals surface area contributed by atoms with Gasteiger partial charge in [0.2, 0.25) is 10.0 Å². The minimum absolute atomic E-state index is 0.119. The Balaban J connectivity index is 1.61. The lowest BCUT2D eigenvalue weighted by Crippen LogP contribution is -2.35. The molecule has 174 valence electrons. The number of anilines is 1. The van der Waals surface area contributed by atoms with E-state index in [9.17, 15) is 12.8 Å². The highest BCUT2D eigenvalue weighted by atomic mass is 32.2. The van der Waals surface area contributed by atoms with Gasteiger partial charge in [0, 0.05) is 43.9 Å². The average Bonchev–Trinajstić information content (AvgIpc) is 3.08. The van der Waals surface area contributed by atoms with Gasteiger partial charge in [0.05, 0.1) is 4.90 Å². The van der Waals surface area contributed by atoms with Gasteiger partial charge >= 0.3 is 0 Å². The highest BCUT2D eigenvalue weighted by molar-refractivity contribution is 7.89. The molecule has 0 amide bonds. The zero-order valence-corrected chi connectivity index (χ0v) is 19.9. The van der Waals surface area contributed by atoms with Crippen molar-refractivity contribution in [2.45, 2.75) is 38.0 Å². The number of aromatic nitrogens is 2. The molecule has 4 rings (SSSR count). The lowest BCUT2D eigenvalue weighted by atomic mass is 10.0. The molecular weight excluding hydrogens is 439 g/mol. The molecule has 33 heavy (non-hydrogen) atoms. The summed E-state index contributed by atoms with van der Waals surface area (Å²) in [6.07, 6.45) is 2.21. The highest BCUT2D eigenvalue weighted by Crippen LogP contribution is 2.27. The predicted molar refractivity (Wildman–Crippen MR) is 127 cm³/mol. The first-order valence-electron chi connectivity index (χ1n) is 11.3. The van der Waals surface area contributed by atoms with Crippen LogP contribution in [0.25, 0.3) is 0 Å². The topological polar surface area (TPSA) is 66.4 Å². The van der Waals surface area contributed by atoms with Crippen molar-refractivity contribution < 1.29 is 12.8 Å². The van der Waals surface area contributed by atoms with E-state index in [2.05, 4.69) is 24.0 Å². The van der Waals surface area contributed by atoms with Gasteiger partial charge in [-0.1, -0.05) is 37.3 Å². The smallest absolute Gasteiger partial charge is 0.243 e. The van der Waals surface area contributed by atoms with E-state index in [-0.39, 0.29) is 4.90 Å². The Morgan fingerprint density at radius 3 is 2.36 bits per heavy atom. The molecule has 2 heterocycles. The van der Waals surface area contributed by atoms with E-state index in [0.29, 0.717) is 32.6 Å². The fraction of sp³-hybridized carbons (Fsp3) is 0.360. The minimum Gasteiger partial charge on any atom is -0.355 e. The second kappa shape index (κ2) is 9.97. The molecule has 0 unspecified atom stereocenters. The van der Waals surface area contributed by atoms with Crippen molar-refractivity contribution in [3.05, 3.63) is 83.1 Å². The number of aryl methyl sites for hydroxylation is 2. The van der Waals surface area contributed by atoms with E-state index < -0.39 is 15.8 Å². The van der Waals surface area contributed by atoms with Crippen LogP contribution in [0.15, 0.2) is 59.5 Å².